The molecule has 0 unspecified atom stereocenters. The molecule has 2 aliphatic rings. The highest BCUT2D eigenvalue weighted by atomic mass is 19.1. The highest BCUT2D eigenvalue weighted by molar-refractivity contribution is 5.93. The molecule has 0 atom stereocenters. The number of hydrogen-bond donors (Lipinski definition) is 2. The number of nitrogens with two attached hydrogens (primary N) is 1. The number of benzene rings is 1. The largest absolute Gasteiger partial charge is 0.380 e. The molecule has 0 bridgehead atoms. The predicted molar refractivity (Wildman–Crippen MR) is 81.7 cm³/mol. The van der Waals surface area contributed by atoms with Gasteiger partial charge in [-0.2, -0.15) is 0 Å². The molecule has 21 heavy (non-hydrogen) atoms. The third-order valence-corrected chi connectivity index (χ3v) is 5.32. The Morgan fingerprint density at radius 3 is 2.48 bits per heavy atom. The molecule has 1 aromatic carbocycles. The van der Waals surface area contributed by atoms with Crippen LogP contribution in [0.4, 0.5) is 10.1 Å². The molecule has 2 aliphatic carbocycles. The summed E-state index contributed by atoms with van der Waals surface area (Å²) >= 11 is 0. The molecule has 114 valence electrons. The molecule has 0 aromatic heterocycles. The fourth-order valence-electron chi connectivity index (χ4n) is 4.01. The molecule has 4 heteroatoms. The topological polar surface area (TPSA) is 55.1 Å². The first kappa shape index (κ1) is 14.4. The minimum atomic E-state index is -0.522. The van der Waals surface area contributed by atoms with Crippen LogP contribution in [-0.2, 0) is 0 Å². The van der Waals surface area contributed by atoms with Crippen LogP contribution >= 0.6 is 0 Å². The van der Waals surface area contributed by atoms with E-state index in [1.54, 1.807) is 0 Å². The average Bonchev–Trinajstić information content (AvgIpc) is 2.92. The molecule has 1 amide bonds. The summed E-state index contributed by atoms with van der Waals surface area (Å²) in [7, 11) is 0. The summed E-state index contributed by atoms with van der Waals surface area (Å²) in [6.07, 6.45) is 10.1. The van der Waals surface area contributed by atoms with Crippen LogP contribution in [0.2, 0.25) is 0 Å². The first-order valence-electron chi connectivity index (χ1n) is 7.94. The minimum Gasteiger partial charge on any atom is -0.380 e. The van der Waals surface area contributed by atoms with Crippen LogP contribution in [0.25, 0.3) is 0 Å². The highest BCUT2D eigenvalue weighted by Gasteiger charge is 2.37. The maximum Gasteiger partial charge on any atom is 0.248 e. The lowest BCUT2D eigenvalue weighted by Crippen LogP contribution is -2.32. The first-order chi connectivity index (χ1) is 10.1. The second kappa shape index (κ2) is 5.66. The SMILES string of the molecule is NC(=O)c1ccc(F)c(NC2CCC3(CCCC3)CC2)c1. The van der Waals surface area contributed by atoms with Crippen molar-refractivity contribution in [3.63, 3.8) is 0 Å². The van der Waals surface area contributed by atoms with Gasteiger partial charge in [0.05, 0.1) is 5.69 Å². The van der Waals surface area contributed by atoms with Crippen molar-refractivity contribution >= 4 is 11.6 Å². The van der Waals surface area contributed by atoms with E-state index < -0.39 is 5.91 Å². The summed E-state index contributed by atoms with van der Waals surface area (Å²) < 4.78 is 13.9. The number of primary amides is 1. The van der Waals surface area contributed by atoms with Gasteiger partial charge in [0, 0.05) is 11.6 Å². The van der Waals surface area contributed by atoms with Gasteiger partial charge in [0.25, 0.3) is 0 Å². The number of carbonyl (C=O) groups is 1. The van der Waals surface area contributed by atoms with E-state index in [1.165, 1.54) is 56.7 Å². The molecule has 1 spiro atoms. The monoisotopic (exact) mass is 290 g/mol. The molecule has 2 fully saturated rings. The standard InChI is InChI=1S/C17H23FN2O/c18-14-4-3-12(16(19)21)11-15(14)20-13-5-9-17(10-6-13)7-1-2-8-17/h3-4,11,13,20H,1-2,5-10H2,(H2,19,21). The minimum absolute atomic E-state index is 0.300. The lowest BCUT2D eigenvalue weighted by Gasteiger charge is -2.38. The van der Waals surface area contributed by atoms with E-state index in [4.69, 9.17) is 5.73 Å². The second-order valence-electron chi connectivity index (χ2n) is 6.68. The van der Waals surface area contributed by atoms with E-state index in [-0.39, 0.29) is 5.82 Å². The van der Waals surface area contributed by atoms with Gasteiger partial charge in [-0.05, 0) is 62.1 Å². The number of anilines is 1. The van der Waals surface area contributed by atoms with Crippen molar-refractivity contribution in [3.05, 3.63) is 29.6 Å². The lowest BCUT2D eigenvalue weighted by molar-refractivity contribution is 0.100. The Labute approximate surface area is 125 Å². The van der Waals surface area contributed by atoms with Gasteiger partial charge in [-0.1, -0.05) is 12.8 Å². The third-order valence-electron chi connectivity index (χ3n) is 5.32. The number of hydrogen-bond acceptors (Lipinski definition) is 2. The fourth-order valence-corrected chi connectivity index (χ4v) is 4.01. The van der Waals surface area contributed by atoms with E-state index >= 15 is 0 Å². The zero-order valence-electron chi connectivity index (χ0n) is 12.3. The molecular formula is C17H23FN2O. The van der Waals surface area contributed by atoms with E-state index in [0.717, 1.165) is 12.8 Å². The van der Waals surface area contributed by atoms with Crippen molar-refractivity contribution in [2.24, 2.45) is 11.1 Å². The highest BCUT2D eigenvalue weighted by Crippen LogP contribution is 2.49. The number of carbonyl (C=O) groups excluding carboxylic acids is 1. The van der Waals surface area contributed by atoms with Gasteiger partial charge in [0.1, 0.15) is 5.82 Å². The molecule has 1 aromatic rings. The normalized spacial score (nSPS) is 21.6. The Morgan fingerprint density at radius 2 is 1.86 bits per heavy atom. The van der Waals surface area contributed by atoms with E-state index in [9.17, 15) is 9.18 Å². The van der Waals surface area contributed by atoms with E-state index in [0.29, 0.717) is 22.7 Å². The van der Waals surface area contributed by atoms with Crippen LogP contribution in [0.3, 0.4) is 0 Å². The fraction of sp³-hybridized carbons (Fsp3) is 0.588. The maximum atomic E-state index is 13.9. The van der Waals surface area contributed by atoms with Crippen molar-refractivity contribution in [1.82, 2.24) is 0 Å². The van der Waals surface area contributed by atoms with Crippen molar-refractivity contribution < 1.29 is 9.18 Å². The summed E-state index contributed by atoms with van der Waals surface area (Å²) in [4.78, 5) is 11.2. The second-order valence-corrected chi connectivity index (χ2v) is 6.68. The number of halogens is 1. The molecular weight excluding hydrogens is 267 g/mol. The average molecular weight is 290 g/mol. The number of amides is 1. The molecule has 3 rings (SSSR count). The van der Waals surface area contributed by atoms with Crippen LogP contribution in [-0.4, -0.2) is 11.9 Å². The maximum absolute atomic E-state index is 13.9. The third kappa shape index (κ3) is 3.04. The zero-order chi connectivity index (χ0) is 14.9. The molecule has 0 aliphatic heterocycles. The van der Waals surface area contributed by atoms with Gasteiger partial charge in [0.15, 0.2) is 0 Å². The van der Waals surface area contributed by atoms with Crippen molar-refractivity contribution in [2.75, 3.05) is 5.32 Å². The van der Waals surface area contributed by atoms with Crippen LogP contribution < -0.4 is 11.1 Å². The quantitative estimate of drug-likeness (QED) is 0.888. The van der Waals surface area contributed by atoms with Crippen LogP contribution in [0, 0.1) is 11.2 Å². The van der Waals surface area contributed by atoms with Gasteiger partial charge in [0.2, 0.25) is 5.91 Å². The Hall–Kier alpha value is -1.58. The summed E-state index contributed by atoms with van der Waals surface area (Å²) in [5.41, 5.74) is 6.58. The summed E-state index contributed by atoms with van der Waals surface area (Å²) in [6, 6.07) is 4.56. The van der Waals surface area contributed by atoms with Gasteiger partial charge in [-0.15, -0.1) is 0 Å². The van der Waals surface area contributed by atoms with Crippen molar-refractivity contribution in [3.8, 4) is 0 Å². The number of nitrogens with one attached hydrogen (secondary N) is 1. The Kier molecular flexibility index (Phi) is 3.87. The summed E-state index contributed by atoms with van der Waals surface area (Å²) in [5, 5.41) is 3.27. The molecule has 2 saturated carbocycles. The Bertz CT molecular complexity index is 528. The van der Waals surface area contributed by atoms with E-state index in [1.807, 2.05) is 0 Å². The number of rotatable bonds is 3. The van der Waals surface area contributed by atoms with Crippen LogP contribution in [0.15, 0.2) is 18.2 Å². The van der Waals surface area contributed by atoms with Gasteiger partial charge >= 0.3 is 0 Å². The van der Waals surface area contributed by atoms with Gasteiger partial charge in [-0.25, -0.2) is 4.39 Å². The first-order valence-corrected chi connectivity index (χ1v) is 7.94. The Morgan fingerprint density at radius 1 is 1.19 bits per heavy atom. The van der Waals surface area contributed by atoms with Crippen molar-refractivity contribution in [2.45, 2.75) is 57.4 Å². The van der Waals surface area contributed by atoms with Crippen LogP contribution in [0.1, 0.15) is 61.7 Å². The smallest absolute Gasteiger partial charge is 0.248 e. The molecule has 0 saturated heterocycles. The van der Waals surface area contributed by atoms with Gasteiger partial charge < -0.3 is 11.1 Å². The predicted octanol–water partition coefficient (Wildman–Crippen LogP) is 3.84. The summed E-state index contributed by atoms with van der Waals surface area (Å²) in [6.45, 7) is 0. The summed E-state index contributed by atoms with van der Waals surface area (Å²) in [5.74, 6) is -0.840. The van der Waals surface area contributed by atoms with Crippen molar-refractivity contribution in [1.29, 1.82) is 0 Å². The molecule has 3 N–H and O–H groups in total. The zero-order valence-corrected chi connectivity index (χ0v) is 12.3. The van der Waals surface area contributed by atoms with E-state index in [2.05, 4.69) is 5.32 Å². The molecule has 0 heterocycles. The molecule has 3 nitrogen and oxygen atoms in total. The van der Waals surface area contributed by atoms with Crippen LogP contribution in [0.5, 0.6) is 0 Å². The lowest BCUT2D eigenvalue weighted by atomic mass is 9.71. The van der Waals surface area contributed by atoms with Gasteiger partial charge in [-0.3, -0.25) is 4.79 Å². The molecule has 0 radical (unpaired) electrons. The Balaban J connectivity index is 1.65.